The molecular formula is C18H20N2O3. The summed E-state index contributed by atoms with van der Waals surface area (Å²) in [5.74, 6) is 0.492. The van der Waals surface area contributed by atoms with Crippen LogP contribution < -0.4 is 10.1 Å². The van der Waals surface area contributed by atoms with E-state index in [1.165, 1.54) is 7.11 Å². The van der Waals surface area contributed by atoms with E-state index in [4.69, 9.17) is 4.74 Å². The molecule has 5 nitrogen and oxygen atoms in total. The van der Waals surface area contributed by atoms with Crippen LogP contribution >= 0.6 is 0 Å². The molecule has 0 bridgehead atoms. The van der Waals surface area contributed by atoms with E-state index in [1.807, 2.05) is 36.1 Å². The van der Waals surface area contributed by atoms with Crippen LogP contribution in [0.5, 0.6) is 11.5 Å². The number of hydrogen-bond donors (Lipinski definition) is 2. The number of nitrogens with one attached hydrogen (secondary N) is 1. The minimum Gasteiger partial charge on any atom is -0.504 e. The second-order valence-electron chi connectivity index (χ2n) is 5.52. The molecule has 5 heteroatoms. The molecule has 0 aliphatic carbocycles. The summed E-state index contributed by atoms with van der Waals surface area (Å²) in [5.41, 5.74) is 2.38. The van der Waals surface area contributed by atoms with Crippen LogP contribution in [0, 0.1) is 0 Å². The number of benzene rings is 2. The maximum absolute atomic E-state index is 12.8. The first kappa shape index (κ1) is 15.2. The average molecular weight is 312 g/mol. The highest BCUT2D eigenvalue weighted by atomic mass is 16.5. The van der Waals surface area contributed by atoms with Crippen LogP contribution in [0.4, 0.5) is 5.69 Å². The van der Waals surface area contributed by atoms with Gasteiger partial charge in [-0.15, -0.1) is 0 Å². The highest BCUT2D eigenvalue weighted by Gasteiger charge is 2.32. The summed E-state index contributed by atoms with van der Waals surface area (Å²) in [5, 5.41) is 13.2. The Morgan fingerprint density at radius 2 is 2.04 bits per heavy atom. The first-order chi connectivity index (χ1) is 11.2. The number of phenols is 1. The quantitative estimate of drug-likeness (QED) is 0.908. The van der Waals surface area contributed by atoms with Crippen LogP contribution in [0.2, 0.25) is 0 Å². The maximum atomic E-state index is 12.8. The molecule has 2 N–H and O–H groups in total. The third kappa shape index (κ3) is 2.70. The van der Waals surface area contributed by atoms with E-state index in [1.54, 1.807) is 18.2 Å². The summed E-state index contributed by atoms with van der Waals surface area (Å²) in [7, 11) is 1.51. The van der Waals surface area contributed by atoms with E-state index in [0.717, 1.165) is 17.7 Å². The highest BCUT2D eigenvalue weighted by molar-refractivity contribution is 6.01. The van der Waals surface area contributed by atoms with Crippen molar-refractivity contribution in [2.24, 2.45) is 0 Å². The Kier molecular flexibility index (Phi) is 4.10. The summed E-state index contributed by atoms with van der Waals surface area (Å²) in [4.78, 5) is 14.6. The summed E-state index contributed by atoms with van der Waals surface area (Å²) in [6.45, 7) is 2.69. The number of rotatable bonds is 4. The molecule has 0 aromatic heterocycles. The molecule has 1 amide bonds. The molecule has 2 aromatic carbocycles. The summed E-state index contributed by atoms with van der Waals surface area (Å²) in [6, 6.07) is 12.7. The van der Waals surface area contributed by atoms with Crippen LogP contribution in [-0.4, -0.2) is 29.6 Å². The number of phenolic OH excluding ortho intramolecular Hbond substituents is 1. The van der Waals surface area contributed by atoms with Crippen molar-refractivity contribution in [2.75, 3.05) is 19.0 Å². The summed E-state index contributed by atoms with van der Waals surface area (Å²) in [6.07, 6.45) is 0.577. The lowest BCUT2D eigenvalue weighted by molar-refractivity contribution is 0.0683. The molecule has 0 spiro atoms. The first-order valence-corrected chi connectivity index (χ1v) is 7.69. The van der Waals surface area contributed by atoms with Gasteiger partial charge in [0.05, 0.1) is 12.7 Å². The van der Waals surface area contributed by atoms with Crippen LogP contribution in [-0.2, 0) is 0 Å². The molecule has 120 valence electrons. The second-order valence-corrected chi connectivity index (χ2v) is 5.52. The van der Waals surface area contributed by atoms with Crippen molar-refractivity contribution in [3.63, 3.8) is 0 Å². The number of carbonyl (C=O) groups is 1. The van der Waals surface area contributed by atoms with Crippen LogP contribution in [0.3, 0.4) is 0 Å². The van der Waals surface area contributed by atoms with Gasteiger partial charge in [-0.1, -0.05) is 25.1 Å². The standard InChI is InChI=1S/C18H20N2O3/c1-3-10-20-17(12-8-9-15(21)16(11-12)23-2)19-14-7-5-4-6-13(14)18(20)22/h4-9,11,17,19,21H,3,10H2,1-2H3. The molecule has 3 rings (SSSR count). The molecular weight excluding hydrogens is 292 g/mol. The van der Waals surface area contributed by atoms with E-state index >= 15 is 0 Å². The second kappa shape index (κ2) is 6.20. The van der Waals surface area contributed by atoms with Crippen LogP contribution in [0.25, 0.3) is 0 Å². The molecule has 23 heavy (non-hydrogen) atoms. The lowest BCUT2D eigenvalue weighted by Gasteiger charge is -2.38. The van der Waals surface area contributed by atoms with Crippen molar-refractivity contribution in [1.82, 2.24) is 4.90 Å². The zero-order valence-corrected chi connectivity index (χ0v) is 13.2. The predicted molar refractivity (Wildman–Crippen MR) is 88.8 cm³/mol. The molecule has 1 aliphatic rings. The number of fused-ring (bicyclic) bond motifs is 1. The van der Waals surface area contributed by atoms with Gasteiger partial charge in [0, 0.05) is 12.2 Å². The number of methoxy groups -OCH3 is 1. The maximum Gasteiger partial charge on any atom is 0.257 e. The predicted octanol–water partition coefficient (Wildman–Crippen LogP) is 3.38. The Bertz CT molecular complexity index is 730. The van der Waals surface area contributed by atoms with E-state index in [9.17, 15) is 9.90 Å². The number of nitrogens with zero attached hydrogens (tertiary/aromatic N) is 1. The van der Waals surface area contributed by atoms with Gasteiger partial charge in [-0.2, -0.15) is 0 Å². The number of para-hydroxylation sites is 1. The van der Waals surface area contributed by atoms with E-state index < -0.39 is 0 Å². The van der Waals surface area contributed by atoms with E-state index in [2.05, 4.69) is 5.32 Å². The van der Waals surface area contributed by atoms with Crippen LogP contribution in [0.1, 0.15) is 35.4 Å². The number of anilines is 1. The van der Waals surface area contributed by atoms with Crippen molar-refractivity contribution in [2.45, 2.75) is 19.5 Å². The smallest absolute Gasteiger partial charge is 0.257 e. The lowest BCUT2D eigenvalue weighted by Crippen LogP contribution is -2.43. The molecule has 1 atom stereocenters. The molecule has 0 saturated carbocycles. The molecule has 0 radical (unpaired) electrons. The van der Waals surface area contributed by atoms with Gasteiger partial charge < -0.3 is 20.1 Å². The SMILES string of the molecule is CCCN1C(=O)c2ccccc2NC1c1ccc(O)c(OC)c1. The van der Waals surface area contributed by atoms with Gasteiger partial charge >= 0.3 is 0 Å². The van der Waals surface area contributed by atoms with Gasteiger partial charge in [-0.05, 0) is 36.2 Å². The van der Waals surface area contributed by atoms with Gasteiger partial charge in [0.25, 0.3) is 5.91 Å². The Balaban J connectivity index is 2.04. The van der Waals surface area contributed by atoms with Crippen molar-refractivity contribution in [3.8, 4) is 11.5 Å². The van der Waals surface area contributed by atoms with Gasteiger partial charge in [-0.3, -0.25) is 4.79 Å². The Labute approximate surface area is 135 Å². The fraction of sp³-hybridized carbons (Fsp3) is 0.278. The summed E-state index contributed by atoms with van der Waals surface area (Å²) >= 11 is 0. The Morgan fingerprint density at radius 1 is 1.26 bits per heavy atom. The molecule has 0 saturated heterocycles. The van der Waals surface area contributed by atoms with Gasteiger partial charge in [-0.25, -0.2) is 0 Å². The van der Waals surface area contributed by atoms with E-state index in [0.29, 0.717) is 17.9 Å². The zero-order valence-electron chi connectivity index (χ0n) is 13.2. The lowest BCUT2D eigenvalue weighted by atomic mass is 10.0. The minimum atomic E-state index is -0.285. The third-order valence-corrected chi connectivity index (χ3v) is 4.01. The molecule has 1 aliphatic heterocycles. The topological polar surface area (TPSA) is 61.8 Å². The molecule has 2 aromatic rings. The first-order valence-electron chi connectivity index (χ1n) is 7.69. The number of hydrogen-bond acceptors (Lipinski definition) is 4. The monoisotopic (exact) mass is 312 g/mol. The molecule has 1 unspecified atom stereocenters. The van der Waals surface area contributed by atoms with Gasteiger partial charge in [0.15, 0.2) is 11.5 Å². The third-order valence-electron chi connectivity index (χ3n) is 4.01. The Hall–Kier alpha value is -2.69. The summed E-state index contributed by atoms with van der Waals surface area (Å²) < 4.78 is 5.19. The fourth-order valence-corrected chi connectivity index (χ4v) is 2.89. The van der Waals surface area contributed by atoms with Gasteiger partial charge in [0.1, 0.15) is 6.17 Å². The fourth-order valence-electron chi connectivity index (χ4n) is 2.89. The largest absolute Gasteiger partial charge is 0.504 e. The van der Waals surface area contributed by atoms with Crippen molar-refractivity contribution in [3.05, 3.63) is 53.6 Å². The van der Waals surface area contributed by atoms with E-state index in [-0.39, 0.29) is 17.8 Å². The average Bonchev–Trinajstić information content (AvgIpc) is 2.58. The number of ether oxygens (including phenoxy) is 1. The number of carbonyl (C=O) groups excluding carboxylic acids is 1. The normalized spacial score (nSPS) is 16.7. The number of amides is 1. The minimum absolute atomic E-state index is 0.0123. The number of aromatic hydroxyl groups is 1. The molecule has 0 fully saturated rings. The molecule has 1 heterocycles. The van der Waals surface area contributed by atoms with Crippen molar-refractivity contribution < 1.29 is 14.6 Å². The van der Waals surface area contributed by atoms with Crippen molar-refractivity contribution >= 4 is 11.6 Å². The highest BCUT2D eigenvalue weighted by Crippen LogP contribution is 2.36. The van der Waals surface area contributed by atoms with Gasteiger partial charge in [0.2, 0.25) is 0 Å². The zero-order chi connectivity index (χ0) is 16.4. The van der Waals surface area contributed by atoms with Crippen molar-refractivity contribution in [1.29, 1.82) is 0 Å². The van der Waals surface area contributed by atoms with Crippen LogP contribution in [0.15, 0.2) is 42.5 Å². The Morgan fingerprint density at radius 3 is 2.78 bits per heavy atom.